The van der Waals surface area contributed by atoms with Crippen LogP contribution in [0.2, 0.25) is 0 Å². The summed E-state index contributed by atoms with van der Waals surface area (Å²) >= 11 is 0. The lowest BCUT2D eigenvalue weighted by Crippen LogP contribution is -2.09. The molecule has 2 aromatic rings. The van der Waals surface area contributed by atoms with Gasteiger partial charge in [-0.05, 0) is 12.5 Å². The molecule has 2 N–H and O–H groups in total. The SMILES string of the molecule is Cc1cnc2cc(C(C)CN)nn2c1. The zero-order valence-electron chi connectivity index (χ0n) is 8.44. The molecule has 0 bridgehead atoms. The van der Waals surface area contributed by atoms with Gasteiger partial charge < -0.3 is 5.73 Å². The first-order chi connectivity index (χ1) is 6.70. The van der Waals surface area contributed by atoms with Crippen LogP contribution in [0.3, 0.4) is 0 Å². The zero-order chi connectivity index (χ0) is 10.1. The average Bonchev–Trinajstić information content (AvgIpc) is 2.59. The first-order valence-electron chi connectivity index (χ1n) is 4.72. The summed E-state index contributed by atoms with van der Waals surface area (Å²) in [5.41, 5.74) is 8.58. The van der Waals surface area contributed by atoms with Crippen molar-refractivity contribution in [2.75, 3.05) is 6.54 Å². The summed E-state index contributed by atoms with van der Waals surface area (Å²) in [4.78, 5) is 4.28. The summed E-state index contributed by atoms with van der Waals surface area (Å²) in [6.07, 6.45) is 3.81. The van der Waals surface area contributed by atoms with Gasteiger partial charge in [0, 0.05) is 30.9 Å². The smallest absolute Gasteiger partial charge is 0.155 e. The molecule has 0 radical (unpaired) electrons. The van der Waals surface area contributed by atoms with Crippen LogP contribution in [-0.4, -0.2) is 21.1 Å². The number of hydrogen-bond acceptors (Lipinski definition) is 3. The highest BCUT2D eigenvalue weighted by Gasteiger charge is 2.08. The van der Waals surface area contributed by atoms with Crippen molar-refractivity contribution in [3.05, 3.63) is 29.7 Å². The third kappa shape index (κ3) is 1.48. The van der Waals surface area contributed by atoms with Crippen molar-refractivity contribution in [2.24, 2.45) is 5.73 Å². The van der Waals surface area contributed by atoms with Gasteiger partial charge in [0.05, 0.1) is 5.69 Å². The maximum absolute atomic E-state index is 5.59. The maximum atomic E-state index is 5.59. The normalized spacial score (nSPS) is 13.4. The first kappa shape index (κ1) is 9.15. The Morgan fingerprint density at radius 3 is 3.07 bits per heavy atom. The van der Waals surface area contributed by atoms with E-state index < -0.39 is 0 Å². The molecule has 2 heterocycles. The number of fused-ring (bicyclic) bond motifs is 1. The van der Waals surface area contributed by atoms with Crippen molar-refractivity contribution in [2.45, 2.75) is 19.8 Å². The number of hydrogen-bond donors (Lipinski definition) is 1. The van der Waals surface area contributed by atoms with Gasteiger partial charge in [-0.2, -0.15) is 5.10 Å². The molecule has 0 saturated heterocycles. The van der Waals surface area contributed by atoms with E-state index in [0.717, 1.165) is 16.9 Å². The number of aromatic nitrogens is 3. The molecule has 1 unspecified atom stereocenters. The van der Waals surface area contributed by atoms with Crippen LogP contribution < -0.4 is 5.73 Å². The van der Waals surface area contributed by atoms with E-state index >= 15 is 0 Å². The monoisotopic (exact) mass is 190 g/mol. The van der Waals surface area contributed by atoms with Gasteiger partial charge in [-0.25, -0.2) is 9.50 Å². The lowest BCUT2D eigenvalue weighted by atomic mass is 10.1. The summed E-state index contributed by atoms with van der Waals surface area (Å²) in [6, 6.07) is 1.98. The fourth-order valence-electron chi connectivity index (χ4n) is 1.35. The van der Waals surface area contributed by atoms with E-state index in [2.05, 4.69) is 17.0 Å². The summed E-state index contributed by atoms with van der Waals surface area (Å²) in [5, 5.41) is 4.42. The van der Waals surface area contributed by atoms with Gasteiger partial charge in [0.25, 0.3) is 0 Å². The standard InChI is InChI=1S/C10H14N4/c1-7-5-12-10-3-9(8(2)4-11)13-14(10)6-7/h3,5-6,8H,4,11H2,1-2H3. The molecule has 4 heteroatoms. The fourth-order valence-corrected chi connectivity index (χ4v) is 1.35. The quantitative estimate of drug-likeness (QED) is 0.771. The minimum Gasteiger partial charge on any atom is -0.330 e. The Kier molecular flexibility index (Phi) is 2.21. The highest BCUT2D eigenvalue weighted by atomic mass is 15.2. The second-order valence-corrected chi connectivity index (χ2v) is 3.64. The zero-order valence-corrected chi connectivity index (χ0v) is 8.44. The Morgan fingerprint density at radius 1 is 1.57 bits per heavy atom. The van der Waals surface area contributed by atoms with Gasteiger partial charge in [-0.15, -0.1) is 0 Å². The average molecular weight is 190 g/mol. The summed E-state index contributed by atoms with van der Waals surface area (Å²) in [7, 11) is 0. The van der Waals surface area contributed by atoms with E-state index in [1.165, 1.54) is 0 Å². The number of aryl methyl sites for hydroxylation is 1. The van der Waals surface area contributed by atoms with Gasteiger partial charge >= 0.3 is 0 Å². The van der Waals surface area contributed by atoms with Crippen molar-refractivity contribution in [3.8, 4) is 0 Å². The molecule has 0 fully saturated rings. The predicted octanol–water partition coefficient (Wildman–Crippen LogP) is 1.10. The number of nitrogens with two attached hydrogens (primary N) is 1. The molecule has 2 aromatic heterocycles. The van der Waals surface area contributed by atoms with E-state index in [0.29, 0.717) is 6.54 Å². The number of rotatable bonds is 2. The minimum atomic E-state index is 0.289. The molecule has 4 nitrogen and oxygen atoms in total. The molecule has 14 heavy (non-hydrogen) atoms. The van der Waals surface area contributed by atoms with E-state index in [-0.39, 0.29) is 5.92 Å². The molecule has 0 aliphatic carbocycles. The van der Waals surface area contributed by atoms with Gasteiger partial charge in [0.15, 0.2) is 5.65 Å². The largest absolute Gasteiger partial charge is 0.330 e. The minimum absolute atomic E-state index is 0.289. The van der Waals surface area contributed by atoms with Crippen LogP contribution in [0.4, 0.5) is 0 Å². The Hall–Kier alpha value is -1.42. The highest BCUT2D eigenvalue weighted by Crippen LogP contribution is 2.13. The van der Waals surface area contributed by atoms with Crippen LogP contribution in [0.15, 0.2) is 18.5 Å². The molecule has 0 aliphatic rings. The maximum Gasteiger partial charge on any atom is 0.155 e. The topological polar surface area (TPSA) is 56.2 Å². The molecular weight excluding hydrogens is 176 g/mol. The molecule has 0 saturated carbocycles. The van der Waals surface area contributed by atoms with E-state index in [1.807, 2.05) is 25.4 Å². The van der Waals surface area contributed by atoms with Crippen molar-refractivity contribution < 1.29 is 0 Å². The van der Waals surface area contributed by atoms with Crippen molar-refractivity contribution >= 4 is 5.65 Å². The van der Waals surface area contributed by atoms with Gasteiger partial charge in [-0.1, -0.05) is 6.92 Å². The van der Waals surface area contributed by atoms with E-state index in [9.17, 15) is 0 Å². The summed E-state index contributed by atoms with van der Waals surface area (Å²) in [5.74, 6) is 0.289. The van der Waals surface area contributed by atoms with E-state index in [1.54, 1.807) is 4.52 Å². The molecule has 0 aromatic carbocycles. The van der Waals surface area contributed by atoms with Crippen molar-refractivity contribution in [3.63, 3.8) is 0 Å². The van der Waals surface area contributed by atoms with Gasteiger partial charge in [0.1, 0.15) is 0 Å². The second kappa shape index (κ2) is 3.38. The molecule has 1 atom stereocenters. The Labute approximate surface area is 82.8 Å². The molecule has 0 spiro atoms. The Bertz CT molecular complexity index is 446. The molecule has 2 rings (SSSR count). The Balaban J connectivity index is 2.51. The lowest BCUT2D eigenvalue weighted by Gasteiger charge is -2.01. The van der Waals surface area contributed by atoms with Crippen LogP contribution >= 0.6 is 0 Å². The third-order valence-electron chi connectivity index (χ3n) is 2.32. The van der Waals surface area contributed by atoms with Crippen LogP contribution in [0.5, 0.6) is 0 Å². The van der Waals surface area contributed by atoms with Gasteiger partial charge in [0.2, 0.25) is 0 Å². The third-order valence-corrected chi connectivity index (χ3v) is 2.32. The van der Waals surface area contributed by atoms with Crippen molar-refractivity contribution in [1.29, 1.82) is 0 Å². The Morgan fingerprint density at radius 2 is 2.36 bits per heavy atom. The lowest BCUT2D eigenvalue weighted by molar-refractivity contribution is 0.726. The van der Waals surface area contributed by atoms with Crippen LogP contribution in [0, 0.1) is 6.92 Å². The van der Waals surface area contributed by atoms with Crippen LogP contribution in [-0.2, 0) is 0 Å². The number of nitrogens with zero attached hydrogens (tertiary/aromatic N) is 3. The fraction of sp³-hybridized carbons (Fsp3) is 0.400. The predicted molar refractivity (Wildman–Crippen MR) is 55.2 cm³/mol. The van der Waals surface area contributed by atoms with Gasteiger partial charge in [-0.3, -0.25) is 0 Å². The second-order valence-electron chi connectivity index (χ2n) is 3.64. The summed E-state index contributed by atoms with van der Waals surface area (Å²) < 4.78 is 1.80. The molecular formula is C10H14N4. The molecule has 0 amide bonds. The molecule has 0 aliphatic heterocycles. The van der Waals surface area contributed by atoms with Crippen LogP contribution in [0.25, 0.3) is 5.65 Å². The summed E-state index contributed by atoms with van der Waals surface area (Å²) in [6.45, 7) is 4.68. The van der Waals surface area contributed by atoms with Crippen molar-refractivity contribution in [1.82, 2.24) is 14.6 Å². The first-order valence-corrected chi connectivity index (χ1v) is 4.72. The highest BCUT2D eigenvalue weighted by molar-refractivity contribution is 5.40. The van der Waals surface area contributed by atoms with E-state index in [4.69, 9.17) is 5.73 Å². The van der Waals surface area contributed by atoms with Crippen LogP contribution in [0.1, 0.15) is 24.1 Å². The molecule has 74 valence electrons.